The van der Waals surface area contributed by atoms with Gasteiger partial charge in [0.1, 0.15) is 16.4 Å². The van der Waals surface area contributed by atoms with Crippen molar-refractivity contribution in [3.05, 3.63) is 71.5 Å². The smallest absolute Gasteiger partial charge is 0.247 e. The number of hydrogen-bond acceptors (Lipinski definition) is 6. The first kappa shape index (κ1) is 21.4. The molecule has 0 aliphatic carbocycles. The molecule has 0 unspecified atom stereocenters. The maximum absolute atomic E-state index is 13.7. The molecule has 0 amide bonds. The van der Waals surface area contributed by atoms with Crippen LogP contribution in [0.3, 0.4) is 0 Å². The lowest BCUT2D eigenvalue weighted by atomic mass is 10.2. The minimum absolute atomic E-state index is 0.189. The van der Waals surface area contributed by atoms with Crippen molar-refractivity contribution in [2.75, 3.05) is 20.8 Å². The fraction of sp³-hybridized carbons (Fsp3) is 0.318. The summed E-state index contributed by atoms with van der Waals surface area (Å²) in [4.78, 5) is 0.189. The van der Waals surface area contributed by atoms with Crippen LogP contribution in [0.25, 0.3) is 0 Å². The lowest BCUT2D eigenvalue weighted by molar-refractivity contribution is 0.0779. The molecule has 3 aromatic rings. The molecule has 1 aliphatic rings. The number of methoxy groups -OCH3 is 2. The molecule has 0 fully saturated rings. The molecule has 0 atom stereocenters. The van der Waals surface area contributed by atoms with Crippen LogP contribution in [0.5, 0.6) is 11.5 Å². The van der Waals surface area contributed by atoms with Gasteiger partial charge in [0.05, 0.1) is 45.9 Å². The average Bonchev–Trinajstić information content (AvgIpc) is 3.25. The summed E-state index contributed by atoms with van der Waals surface area (Å²) in [7, 11) is -0.624. The highest BCUT2D eigenvalue weighted by molar-refractivity contribution is 7.89. The van der Waals surface area contributed by atoms with Crippen molar-refractivity contribution in [3.63, 3.8) is 0 Å². The minimum Gasteiger partial charge on any atom is -0.497 e. The first-order valence-corrected chi connectivity index (χ1v) is 11.3. The van der Waals surface area contributed by atoms with Crippen molar-refractivity contribution in [1.82, 2.24) is 14.1 Å². The third-order valence-electron chi connectivity index (χ3n) is 5.25. The number of rotatable bonds is 8. The largest absolute Gasteiger partial charge is 0.497 e. The molecule has 1 aliphatic heterocycles. The Bertz CT molecular complexity index is 1080. The van der Waals surface area contributed by atoms with Gasteiger partial charge in [0.2, 0.25) is 10.0 Å². The number of sulfonamides is 1. The highest BCUT2D eigenvalue weighted by Gasteiger charge is 2.31. The van der Waals surface area contributed by atoms with Gasteiger partial charge in [-0.1, -0.05) is 24.3 Å². The van der Waals surface area contributed by atoms with Gasteiger partial charge in [0, 0.05) is 13.1 Å². The first-order valence-electron chi connectivity index (χ1n) is 9.89. The van der Waals surface area contributed by atoms with Gasteiger partial charge in [-0.25, -0.2) is 8.42 Å². The third-order valence-corrected chi connectivity index (χ3v) is 7.09. The van der Waals surface area contributed by atoms with Crippen molar-refractivity contribution in [2.45, 2.75) is 31.1 Å². The standard InChI is InChI=1S/C22H25N3O5S/c1-28-19-7-3-17(4-8-19)14-24(15-18-5-9-20(29-2)10-6-18)31(26,27)22-13-23-25-11-12-30-16-21(22)25/h3-10,13H,11-12,14-16H2,1-2H3. The number of fused-ring (bicyclic) bond motifs is 1. The van der Waals surface area contributed by atoms with Crippen LogP contribution in [0.15, 0.2) is 59.6 Å². The van der Waals surface area contributed by atoms with E-state index < -0.39 is 10.0 Å². The monoisotopic (exact) mass is 443 g/mol. The lowest BCUT2D eigenvalue weighted by Gasteiger charge is -2.24. The molecular weight excluding hydrogens is 418 g/mol. The van der Waals surface area contributed by atoms with Crippen molar-refractivity contribution < 1.29 is 22.6 Å². The molecule has 0 N–H and O–H groups in total. The fourth-order valence-corrected chi connectivity index (χ4v) is 5.06. The van der Waals surface area contributed by atoms with Gasteiger partial charge >= 0.3 is 0 Å². The van der Waals surface area contributed by atoms with E-state index in [9.17, 15) is 8.42 Å². The molecule has 31 heavy (non-hydrogen) atoms. The minimum atomic E-state index is -3.82. The Labute approximate surface area is 182 Å². The van der Waals surface area contributed by atoms with E-state index in [1.54, 1.807) is 18.9 Å². The molecule has 0 saturated carbocycles. The summed E-state index contributed by atoms with van der Waals surface area (Å²) < 4.78 is 46.4. The summed E-state index contributed by atoms with van der Waals surface area (Å²) >= 11 is 0. The van der Waals surface area contributed by atoms with Crippen LogP contribution in [0.4, 0.5) is 0 Å². The SMILES string of the molecule is COc1ccc(CN(Cc2ccc(OC)cc2)S(=O)(=O)c2cnn3c2COCC3)cc1. The Kier molecular flexibility index (Phi) is 6.26. The second-order valence-electron chi connectivity index (χ2n) is 7.20. The van der Waals surface area contributed by atoms with Crippen LogP contribution >= 0.6 is 0 Å². The highest BCUT2D eigenvalue weighted by atomic mass is 32.2. The normalized spacial score (nSPS) is 13.8. The maximum Gasteiger partial charge on any atom is 0.247 e. The molecule has 1 aromatic heterocycles. The van der Waals surface area contributed by atoms with Crippen LogP contribution in [0.1, 0.15) is 16.8 Å². The van der Waals surface area contributed by atoms with E-state index in [2.05, 4.69) is 5.10 Å². The van der Waals surface area contributed by atoms with Crippen molar-refractivity contribution >= 4 is 10.0 Å². The summed E-state index contributed by atoms with van der Waals surface area (Å²) in [6.45, 7) is 1.72. The average molecular weight is 444 g/mol. The summed E-state index contributed by atoms with van der Waals surface area (Å²) in [5.74, 6) is 1.44. The van der Waals surface area contributed by atoms with Gasteiger partial charge in [-0.3, -0.25) is 4.68 Å². The Hall–Kier alpha value is -2.88. The van der Waals surface area contributed by atoms with Gasteiger partial charge in [0.25, 0.3) is 0 Å². The van der Waals surface area contributed by atoms with Gasteiger partial charge in [-0.05, 0) is 35.4 Å². The molecule has 9 heteroatoms. The van der Waals surface area contributed by atoms with Gasteiger partial charge in [-0.2, -0.15) is 9.40 Å². The van der Waals surface area contributed by atoms with Crippen molar-refractivity contribution in [1.29, 1.82) is 0 Å². The van der Waals surface area contributed by atoms with Gasteiger partial charge in [0.15, 0.2) is 0 Å². The van der Waals surface area contributed by atoms with Gasteiger partial charge < -0.3 is 14.2 Å². The molecule has 0 saturated heterocycles. The van der Waals surface area contributed by atoms with E-state index in [4.69, 9.17) is 14.2 Å². The Balaban J connectivity index is 1.68. The predicted octanol–water partition coefficient (Wildman–Crippen LogP) is 2.82. The lowest BCUT2D eigenvalue weighted by Crippen LogP contribution is -2.31. The van der Waals surface area contributed by atoms with E-state index in [1.807, 2.05) is 48.5 Å². The zero-order valence-electron chi connectivity index (χ0n) is 17.5. The molecule has 0 bridgehead atoms. The summed E-state index contributed by atoms with van der Waals surface area (Å²) in [5, 5.41) is 4.26. The van der Waals surface area contributed by atoms with E-state index in [-0.39, 0.29) is 24.6 Å². The molecule has 8 nitrogen and oxygen atoms in total. The second kappa shape index (κ2) is 9.09. The van der Waals surface area contributed by atoms with Crippen LogP contribution in [-0.4, -0.2) is 43.3 Å². The zero-order chi connectivity index (χ0) is 21.8. The van der Waals surface area contributed by atoms with E-state index in [0.717, 1.165) is 22.6 Å². The van der Waals surface area contributed by atoms with Crippen molar-refractivity contribution in [2.24, 2.45) is 0 Å². The number of aromatic nitrogens is 2. The van der Waals surface area contributed by atoms with Crippen LogP contribution in [0.2, 0.25) is 0 Å². The predicted molar refractivity (Wildman–Crippen MR) is 114 cm³/mol. The van der Waals surface area contributed by atoms with Crippen LogP contribution in [0, 0.1) is 0 Å². The zero-order valence-corrected chi connectivity index (χ0v) is 18.3. The number of nitrogens with zero attached hydrogens (tertiary/aromatic N) is 3. The van der Waals surface area contributed by atoms with Gasteiger partial charge in [-0.15, -0.1) is 0 Å². The fourth-order valence-electron chi connectivity index (χ4n) is 3.50. The number of benzene rings is 2. The Morgan fingerprint density at radius 1 is 0.968 bits per heavy atom. The van der Waals surface area contributed by atoms with Crippen LogP contribution in [-0.2, 0) is 41.0 Å². The third kappa shape index (κ3) is 4.58. The topological polar surface area (TPSA) is 82.9 Å². The first-order chi connectivity index (χ1) is 15.0. The number of ether oxygens (including phenoxy) is 3. The summed E-state index contributed by atoms with van der Waals surface area (Å²) in [6, 6.07) is 14.8. The molecule has 164 valence electrons. The quantitative estimate of drug-likeness (QED) is 0.532. The molecule has 4 rings (SSSR count). The molecule has 0 radical (unpaired) electrons. The number of hydrogen-bond donors (Lipinski definition) is 0. The van der Waals surface area contributed by atoms with Crippen LogP contribution < -0.4 is 9.47 Å². The van der Waals surface area contributed by atoms with Crippen molar-refractivity contribution in [3.8, 4) is 11.5 Å². The van der Waals surface area contributed by atoms with E-state index >= 15 is 0 Å². The summed E-state index contributed by atoms with van der Waals surface area (Å²) in [6.07, 6.45) is 1.42. The molecule has 0 spiro atoms. The Morgan fingerprint density at radius 3 is 2.03 bits per heavy atom. The summed E-state index contributed by atoms with van der Waals surface area (Å²) in [5.41, 5.74) is 2.30. The van der Waals surface area contributed by atoms with E-state index in [0.29, 0.717) is 18.8 Å². The van der Waals surface area contributed by atoms with E-state index in [1.165, 1.54) is 10.5 Å². The highest BCUT2D eigenvalue weighted by Crippen LogP contribution is 2.27. The molecule has 2 aromatic carbocycles. The Morgan fingerprint density at radius 2 is 1.52 bits per heavy atom. The molecule has 2 heterocycles. The molecular formula is C22H25N3O5S. The maximum atomic E-state index is 13.7. The second-order valence-corrected chi connectivity index (χ2v) is 9.11.